The summed E-state index contributed by atoms with van der Waals surface area (Å²) in [6.07, 6.45) is 4.22. The molecule has 1 aromatic rings. The van der Waals surface area contributed by atoms with E-state index in [2.05, 4.69) is 13.5 Å². The predicted octanol–water partition coefficient (Wildman–Crippen LogP) is 3.38. The summed E-state index contributed by atoms with van der Waals surface area (Å²) in [7, 11) is 1.59. The largest absolute Gasteiger partial charge is 0.496 e. The summed E-state index contributed by atoms with van der Waals surface area (Å²) in [5.41, 5.74) is 1.39. The van der Waals surface area contributed by atoms with Crippen molar-refractivity contribution in [2.24, 2.45) is 0 Å². The van der Waals surface area contributed by atoms with Crippen LogP contribution in [0.3, 0.4) is 0 Å². The van der Waals surface area contributed by atoms with Crippen LogP contribution in [0.5, 0.6) is 5.75 Å². The average Bonchev–Trinajstić information content (AvgIpc) is 2.39. The standard InChI is InChI=1S/C15H20O3/c1-4-6-11-18-15(16)13-9-7-10-14(17-3)12(13)8-5-2/h5,7,9-10H,2,4,6,8,11H2,1,3H3. The van der Waals surface area contributed by atoms with Gasteiger partial charge in [0.2, 0.25) is 0 Å². The number of hydrogen-bond donors (Lipinski definition) is 0. The molecule has 0 amide bonds. The third kappa shape index (κ3) is 3.62. The Hall–Kier alpha value is -1.77. The second kappa shape index (κ2) is 7.54. The maximum absolute atomic E-state index is 12.0. The van der Waals surface area contributed by atoms with E-state index in [1.807, 2.05) is 6.07 Å². The molecule has 0 aliphatic heterocycles. The summed E-state index contributed by atoms with van der Waals surface area (Å²) in [5, 5.41) is 0. The molecule has 1 rings (SSSR count). The lowest BCUT2D eigenvalue weighted by molar-refractivity contribution is 0.0498. The molecule has 98 valence electrons. The van der Waals surface area contributed by atoms with Gasteiger partial charge in [-0.25, -0.2) is 4.79 Å². The van der Waals surface area contributed by atoms with Gasteiger partial charge in [0, 0.05) is 5.56 Å². The van der Waals surface area contributed by atoms with Crippen LogP contribution < -0.4 is 4.74 Å². The van der Waals surface area contributed by atoms with Crippen LogP contribution in [0.4, 0.5) is 0 Å². The Bertz CT molecular complexity index is 410. The summed E-state index contributed by atoms with van der Waals surface area (Å²) >= 11 is 0. The first-order chi connectivity index (χ1) is 8.74. The number of allylic oxidation sites excluding steroid dienone is 1. The third-order valence-electron chi connectivity index (χ3n) is 2.65. The summed E-state index contributed by atoms with van der Waals surface area (Å²) in [6, 6.07) is 5.39. The SMILES string of the molecule is C=CCc1c(OC)cccc1C(=O)OCCCC. The van der Waals surface area contributed by atoms with Crippen molar-refractivity contribution in [1.82, 2.24) is 0 Å². The molecule has 1 aromatic carbocycles. The van der Waals surface area contributed by atoms with Gasteiger partial charge in [0.1, 0.15) is 5.75 Å². The summed E-state index contributed by atoms with van der Waals surface area (Å²) < 4.78 is 10.5. The molecule has 0 aliphatic rings. The fourth-order valence-corrected chi connectivity index (χ4v) is 1.69. The third-order valence-corrected chi connectivity index (χ3v) is 2.65. The van der Waals surface area contributed by atoms with E-state index in [1.54, 1.807) is 25.3 Å². The smallest absolute Gasteiger partial charge is 0.338 e. The van der Waals surface area contributed by atoms with E-state index >= 15 is 0 Å². The summed E-state index contributed by atoms with van der Waals surface area (Å²) in [4.78, 5) is 12.0. The molecule has 0 fully saturated rings. The van der Waals surface area contributed by atoms with Gasteiger partial charge < -0.3 is 9.47 Å². The zero-order valence-electron chi connectivity index (χ0n) is 11.1. The minimum Gasteiger partial charge on any atom is -0.496 e. The highest BCUT2D eigenvalue weighted by atomic mass is 16.5. The summed E-state index contributed by atoms with van der Waals surface area (Å²) in [5.74, 6) is 0.402. The van der Waals surface area contributed by atoms with Crippen molar-refractivity contribution in [3.8, 4) is 5.75 Å². The van der Waals surface area contributed by atoms with Crippen LogP contribution in [-0.4, -0.2) is 19.7 Å². The van der Waals surface area contributed by atoms with Gasteiger partial charge in [0.05, 0.1) is 19.3 Å². The lowest BCUT2D eigenvalue weighted by atomic mass is 10.0. The highest BCUT2D eigenvalue weighted by molar-refractivity contribution is 5.92. The molecule has 18 heavy (non-hydrogen) atoms. The van der Waals surface area contributed by atoms with Crippen molar-refractivity contribution >= 4 is 5.97 Å². The zero-order valence-corrected chi connectivity index (χ0v) is 11.1. The van der Waals surface area contributed by atoms with Gasteiger partial charge >= 0.3 is 5.97 Å². The Morgan fingerprint density at radius 3 is 2.83 bits per heavy atom. The molecular weight excluding hydrogens is 228 g/mol. The fraction of sp³-hybridized carbons (Fsp3) is 0.400. The number of rotatable bonds is 7. The monoisotopic (exact) mass is 248 g/mol. The van der Waals surface area contributed by atoms with Crippen LogP contribution in [0.2, 0.25) is 0 Å². The van der Waals surface area contributed by atoms with E-state index in [0.29, 0.717) is 24.3 Å². The molecule has 0 radical (unpaired) electrons. The van der Waals surface area contributed by atoms with Gasteiger partial charge in [-0.1, -0.05) is 25.5 Å². The van der Waals surface area contributed by atoms with E-state index in [4.69, 9.17) is 9.47 Å². The number of unbranched alkanes of at least 4 members (excludes halogenated alkanes) is 1. The first kappa shape index (κ1) is 14.3. The first-order valence-corrected chi connectivity index (χ1v) is 6.18. The topological polar surface area (TPSA) is 35.5 Å². The number of esters is 1. The van der Waals surface area contributed by atoms with E-state index in [1.165, 1.54) is 0 Å². The van der Waals surface area contributed by atoms with E-state index < -0.39 is 0 Å². The maximum atomic E-state index is 12.0. The van der Waals surface area contributed by atoms with Crippen LogP contribution in [0.1, 0.15) is 35.7 Å². The summed E-state index contributed by atoms with van der Waals surface area (Å²) in [6.45, 7) is 6.22. The van der Waals surface area contributed by atoms with Gasteiger partial charge in [-0.05, 0) is 25.0 Å². The van der Waals surface area contributed by atoms with Gasteiger partial charge in [-0.15, -0.1) is 6.58 Å². The zero-order chi connectivity index (χ0) is 13.4. The lowest BCUT2D eigenvalue weighted by Gasteiger charge is -2.12. The second-order valence-corrected chi connectivity index (χ2v) is 3.97. The van der Waals surface area contributed by atoms with Crippen molar-refractivity contribution in [2.45, 2.75) is 26.2 Å². The molecule has 0 saturated carbocycles. The molecule has 0 unspecified atom stereocenters. The molecule has 0 bridgehead atoms. The van der Waals surface area contributed by atoms with Crippen LogP contribution >= 0.6 is 0 Å². The number of methoxy groups -OCH3 is 1. The molecule has 0 saturated heterocycles. The normalized spacial score (nSPS) is 9.89. The van der Waals surface area contributed by atoms with Crippen molar-refractivity contribution < 1.29 is 14.3 Å². The predicted molar refractivity (Wildman–Crippen MR) is 72.1 cm³/mol. The molecule has 0 N–H and O–H groups in total. The quantitative estimate of drug-likeness (QED) is 0.421. The van der Waals surface area contributed by atoms with Crippen molar-refractivity contribution in [3.05, 3.63) is 42.0 Å². The van der Waals surface area contributed by atoms with E-state index in [-0.39, 0.29) is 5.97 Å². The molecule has 3 heteroatoms. The van der Waals surface area contributed by atoms with Crippen LogP contribution in [0, 0.1) is 0 Å². The van der Waals surface area contributed by atoms with Gasteiger partial charge in [-0.2, -0.15) is 0 Å². The van der Waals surface area contributed by atoms with Crippen LogP contribution in [0.15, 0.2) is 30.9 Å². The highest BCUT2D eigenvalue weighted by Crippen LogP contribution is 2.23. The Balaban J connectivity index is 2.92. The molecule has 0 heterocycles. The molecule has 0 spiro atoms. The molecule has 0 atom stereocenters. The van der Waals surface area contributed by atoms with Crippen molar-refractivity contribution in [2.75, 3.05) is 13.7 Å². The minimum atomic E-state index is -0.292. The fourth-order valence-electron chi connectivity index (χ4n) is 1.69. The van der Waals surface area contributed by atoms with Gasteiger partial charge in [0.25, 0.3) is 0 Å². The Morgan fingerprint density at radius 2 is 2.22 bits per heavy atom. The molecule has 0 aliphatic carbocycles. The van der Waals surface area contributed by atoms with Gasteiger partial charge in [-0.3, -0.25) is 0 Å². The van der Waals surface area contributed by atoms with Crippen molar-refractivity contribution in [3.63, 3.8) is 0 Å². The van der Waals surface area contributed by atoms with Crippen molar-refractivity contribution in [1.29, 1.82) is 0 Å². The van der Waals surface area contributed by atoms with E-state index in [0.717, 1.165) is 18.4 Å². The second-order valence-electron chi connectivity index (χ2n) is 3.97. The molecular formula is C15H20O3. The maximum Gasteiger partial charge on any atom is 0.338 e. The number of ether oxygens (including phenoxy) is 2. The van der Waals surface area contributed by atoms with Crippen LogP contribution in [0.25, 0.3) is 0 Å². The highest BCUT2D eigenvalue weighted by Gasteiger charge is 2.15. The Morgan fingerprint density at radius 1 is 1.44 bits per heavy atom. The Labute approximate surface area is 108 Å². The lowest BCUT2D eigenvalue weighted by Crippen LogP contribution is -2.10. The van der Waals surface area contributed by atoms with E-state index in [9.17, 15) is 4.79 Å². The number of carbonyl (C=O) groups excluding carboxylic acids is 1. The minimum absolute atomic E-state index is 0.292. The van der Waals surface area contributed by atoms with Gasteiger partial charge in [0.15, 0.2) is 0 Å². The average molecular weight is 248 g/mol. The first-order valence-electron chi connectivity index (χ1n) is 6.18. The van der Waals surface area contributed by atoms with Crippen LogP contribution in [-0.2, 0) is 11.2 Å². The number of benzene rings is 1. The number of hydrogen-bond acceptors (Lipinski definition) is 3. The molecule has 3 nitrogen and oxygen atoms in total. The Kier molecular flexibility index (Phi) is 5.98. The number of carbonyl (C=O) groups is 1. The molecule has 0 aromatic heterocycles.